The van der Waals surface area contributed by atoms with Crippen LogP contribution < -0.4 is 5.73 Å². The maximum Gasteiger partial charge on any atom is 0.391 e. The number of rotatable bonds is 3. The minimum Gasteiger partial charge on any atom is -0.327 e. The summed E-state index contributed by atoms with van der Waals surface area (Å²) in [5.74, 6) is -1.04. The second-order valence-electron chi connectivity index (χ2n) is 4.62. The molecule has 1 nitrogen and oxygen atoms in total. The molecule has 3 unspecified atom stereocenters. The maximum absolute atomic E-state index is 12.5. The molecule has 3 atom stereocenters. The average Bonchev–Trinajstić information content (AvgIpc) is 2.17. The molecule has 1 aliphatic carbocycles. The van der Waals surface area contributed by atoms with Gasteiger partial charge < -0.3 is 5.73 Å². The smallest absolute Gasteiger partial charge is 0.327 e. The van der Waals surface area contributed by atoms with Crippen LogP contribution >= 0.6 is 0 Å². The third kappa shape index (κ3) is 3.67. The summed E-state index contributed by atoms with van der Waals surface area (Å²) in [6, 6.07) is -0.0415. The predicted molar refractivity (Wildman–Crippen MR) is 54.4 cm³/mol. The summed E-state index contributed by atoms with van der Waals surface area (Å²) in [4.78, 5) is 0. The Balaban J connectivity index is 2.48. The highest BCUT2D eigenvalue weighted by atomic mass is 19.4. The lowest BCUT2D eigenvalue weighted by Crippen LogP contribution is -2.37. The molecule has 0 saturated heterocycles. The fourth-order valence-corrected chi connectivity index (χ4v) is 2.48. The van der Waals surface area contributed by atoms with Gasteiger partial charge in [-0.2, -0.15) is 13.2 Å². The van der Waals surface area contributed by atoms with E-state index in [1.807, 2.05) is 6.92 Å². The van der Waals surface area contributed by atoms with Gasteiger partial charge in [0.15, 0.2) is 0 Å². The van der Waals surface area contributed by atoms with Crippen molar-refractivity contribution >= 4 is 0 Å². The molecule has 0 spiro atoms. The van der Waals surface area contributed by atoms with Crippen molar-refractivity contribution in [2.75, 3.05) is 0 Å². The molecular formula is C11H20F3N. The summed E-state index contributed by atoms with van der Waals surface area (Å²) in [7, 11) is 0. The number of hydrogen-bond acceptors (Lipinski definition) is 1. The molecule has 2 N–H and O–H groups in total. The summed E-state index contributed by atoms with van der Waals surface area (Å²) in [5, 5.41) is 0. The zero-order chi connectivity index (χ0) is 11.5. The van der Waals surface area contributed by atoms with Crippen LogP contribution in [0.25, 0.3) is 0 Å². The molecule has 1 fully saturated rings. The van der Waals surface area contributed by atoms with Gasteiger partial charge in [-0.1, -0.05) is 19.8 Å². The summed E-state index contributed by atoms with van der Waals surface area (Å²) in [6.07, 6.45) is -0.155. The molecule has 0 amide bonds. The standard InChI is InChI=1S/C11H20F3N/c1-2-4-10(15)8-5-3-6-9(7-8)11(12,13)14/h8-10H,2-7,15H2,1H3. The zero-order valence-electron chi connectivity index (χ0n) is 9.19. The highest BCUT2D eigenvalue weighted by molar-refractivity contribution is 4.83. The van der Waals surface area contributed by atoms with Gasteiger partial charge in [0.25, 0.3) is 0 Å². The number of alkyl halides is 3. The van der Waals surface area contributed by atoms with Crippen molar-refractivity contribution in [1.29, 1.82) is 0 Å². The maximum atomic E-state index is 12.5. The summed E-state index contributed by atoms with van der Waals surface area (Å²) in [5.41, 5.74) is 5.90. The third-order valence-corrected chi connectivity index (χ3v) is 3.41. The van der Waals surface area contributed by atoms with Crippen molar-refractivity contribution in [1.82, 2.24) is 0 Å². The van der Waals surface area contributed by atoms with E-state index in [0.29, 0.717) is 12.8 Å². The molecule has 1 saturated carbocycles. The lowest BCUT2D eigenvalue weighted by Gasteiger charge is -2.33. The molecule has 1 rings (SSSR count). The SMILES string of the molecule is CCCC(N)C1CCCC(C(F)(F)F)C1. The molecule has 0 aromatic heterocycles. The Morgan fingerprint density at radius 3 is 2.53 bits per heavy atom. The van der Waals surface area contributed by atoms with Gasteiger partial charge >= 0.3 is 6.18 Å². The van der Waals surface area contributed by atoms with Crippen molar-refractivity contribution in [3.63, 3.8) is 0 Å². The molecule has 0 bridgehead atoms. The van der Waals surface area contributed by atoms with Crippen LogP contribution in [-0.2, 0) is 0 Å². The molecule has 90 valence electrons. The van der Waals surface area contributed by atoms with E-state index in [1.165, 1.54) is 0 Å². The minimum absolute atomic E-state index is 0.0415. The minimum atomic E-state index is -4.02. The Morgan fingerprint density at radius 1 is 1.33 bits per heavy atom. The van der Waals surface area contributed by atoms with Crippen LogP contribution in [0.5, 0.6) is 0 Å². The van der Waals surface area contributed by atoms with E-state index < -0.39 is 12.1 Å². The van der Waals surface area contributed by atoms with Crippen LogP contribution in [0.15, 0.2) is 0 Å². The van der Waals surface area contributed by atoms with Crippen molar-refractivity contribution in [3.05, 3.63) is 0 Å². The monoisotopic (exact) mass is 223 g/mol. The van der Waals surface area contributed by atoms with Crippen LogP contribution in [0.3, 0.4) is 0 Å². The van der Waals surface area contributed by atoms with Crippen LogP contribution in [0.1, 0.15) is 45.4 Å². The second kappa shape index (κ2) is 5.19. The lowest BCUT2D eigenvalue weighted by atomic mass is 9.77. The Bertz CT molecular complexity index is 191. The van der Waals surface area contributed by atoms with E-state index in [2.05, 4.69) is 0 Å². The van der Waals surface area contributed by atoms with Crippen molar-refractivity contribution in [2.45, 2.75) is 57.7 Å². The number of halogens is 3. The molecule has 0 heterocycles. The van der Waals surface area contributed by atoms with E-state index in [0.717, 1.165) is 19.3 Å². The first-order valence-electron chi connectivity index (χ1n) is 5.77. The number of nitrogens with two attached hydrogens (primary N) is 1. The van der Waals surface area contributed by atoms with Gasteiger partial charge in [-0.05, 0) is 31.6 Å². The van der Waals surface area contributed by atoms with Crippen molar-refractivity contribution in [3.8, 4) is 0 Å². The summed E-state index contributed by atoms with van der Waals surface area (Å²) >= 11 is 0. The molecule has 1 aliphatic rings. The van der Waals surface area contributed by atoms with E-state index in [-0.39, 0.29) is 18.4 Å². The van der Waals surface area contributed by atoms with E-state index >= 15 is 0 Å². The molecule has 15 heavy (non-hydrogen) atoms. The Hall–Kier alpha value is -0.250. The van der Waals surface area contributed by atoms with E-state index in [1.54, 1.807) is 0 Å². The highest BCUT2D eigenvalue weighted by Crippen LogP contribution is 2.41. The topological polar surface area (TPSA) is 26.0 Å². The molecule has 0 radical (unpaired) electrons. The summed E-state index contributed by atoms with van der Waals surface area (Å²) < 4.78 is 37.6. The van der Waals surface area contributed by atoms with Crippen LogP contribution in [-0.4, -0.2) is 12.2 Å². The van der Waals surface area contributed by atoms with Gasteiger partial charge in [-0.25, -0.2) is 0 Å². The fourth-order valence-electron chi connectivity index (χ4n) is 2.48. The Kier molecular flexibility index (Phi) is 4.44. The van der Waals surface area contributed by atoms with Gasteiger partial charge in [0, 0.05) is 6.04 Å². The molecule has 0 aromatic rings. The van der Waals surface area contributed by atoms with Crippen LogP contribution in [0.2, 0.25) is 0 Å². The van der Waals surface area contributed by atoms with E-state index in [9.17, 15) is 13.2 Å². The van der Waals surface area contributed by atoms with Crippen molar-refractivity contribution in [2.24, 2.45) is 17.6 Å². The van der Waals surface area contributed by atoms with Crippen LogP contribution in [0.4, 0.5) is 13.2 Å². The normalized spacial score (nSPS) is 30.2. The summed E-state index contributed by atoms with van der Waals surface area (Å²) in [6.45, 7) is 2.02. The van der Waals surface area contributed by atoms with Gasteiger partial charge in [-0.3, -0.25) is 0 Å². The number of hydrogen-bond donors (Lipinski definition) is 1. The second-order valence-corrected chi connectivity index (χ2v) is 4.62. The lowest BCUT2D eigenvalue weighted by molar-refractivity contribution is -0.186. The largest absolute Gasteiger partial charge is 0.391 e. The Morgan fingerprint density at radius 2 is 2.00 bits per heavy atom. The first-order chi connectivity index (χ1) is 6.95. The quantitative estimate of drug-likeness (QED) is 0.778. The molecule has 4 heteroatoms. The predicted octanol–water partition coefficient (Wildman–Crippen LogP) is 3.48. The Labute approximate surface area is 89.2 Å². The third-order valence-electron chi connectivity index (χ3n) is 3.41. The average molecular weight is 223 g/mol. The first-order valence-corrected chi connectivity index (χ1v) is 5.77. The van der Waals surface area contributed by atoms with Gasteiger partial charge in [-0.15, -0.1) is 0 Å². The van der Waals surface area contributed by atoms with Gasteiger partial charge in [0.05, 0.1) is 5.92 Å². The van der Waals surface area contributed by atoms with Gasteiger partial charge in [0.2, 0.25) is 0 Å². The highest BCUT2D eigenvalue weighted by Gasteiger charge is 2.42. The molecule has 0 aliphatic heterocycles. The fraction of sp³-hybridized carbons (Fsp3) is 1.00. The van der Waals surface area contributed by atoms with Gasteiger partial charge in [0.1, 0.15) is 0 Å². The van der Waals surface area contributed by atoms with Crippen molar-refractivity contribution < 1.29 is 13.2 Å². The first kappa shape index (κ1) is 12.8. The van der Waals surface area contributed by atoms with E-state index in [4.69, 9.17) is 5.73 Å². The zero-order valence-corrected chi connectivity index (χ0v) is 9.19. The van der Waals surface area contributed by atoms with Crippen LogP contribution in [0, 0.1) is 11.8 Å². The molecule has 0 aromatic carbocycles. The molecular weight excluding hydrogens is 203 g/mol.